The van der Waals surface area contributed by atoms with Crippen molar-refractivity contribution < 1.29 is 9.53 Å². The van der Waals surface area contributed by atoms with Crippen LogP contribution >= 0.6 is 11.8 Å². The van der Waals surface area contributed by atoms with E-state index in [-0.39, 0.29) is 12.0 Å². The third kappa shape index (κ3) is 4.78. The van der Waals surface area contributed by atoms with Crippen LogP contribution in [0.3, 0.4) is 0 Å². The van der Waals surface area contributed by atoms with Crippen molar-refractivity contribution in [3.63, 3.8) is 0 Å². The molecule has 1 aromatic carbocycles. The lowest BCUT2D eigenvalue weighted by molar-refractivity contribution is -0.143. The van der Waals surface area contributed by atoms with Gasteiger partial charge in [-0.25, -0.2) is 4.79 Å². The summed E-state index contributed by atoms with van der Waals surface area (Å²) in [6, 6.07) is 3.88. The van der Waals surface area contributed by atoms with Gasteiger partial charge in [0.2, 0.25) is 0 Å². The third-order valence-corrected chi connectivity index (χ3v) is 3.67. The number of carbonyl (C=O) groups is 1. The highest BCUT2D eigenvalue weighted by Crippen LogP contribution is 2.20. The van der Waals surface area contributed by atoms with Crippen molar-refractivity contribution in [3.05, 3.63) is 28.8 Å². The number of aryl methyl sites for hydroxylation is 3. The van der Waals surface area contributed by atoms with Gasteiger partial charge in [-0.05, 0) is 56.7 Å². The standard InChI is InChI=1S/C15H23NO2S/c1-10-8-12(3)14(9-11(10)2)16-13(4)15(17)18-6-7-19-5/h8-9,13,16H,6-7H2,1-5H3/t13-/m0/s1. The van der Waals surface area contributed by atoms with Crippen molar-refractivity contribution in [3.8, 4) is 0 Å². The Bertz CT molecular complexity index is 446. The quantitative estimate of drug-likeness (QED) is 0.641. The van der Waals surface area contributed by atoms with Crippen molar-refractivity contribution >= 4 is 23.4 Å². The van der Waals surface area contributed by atoms with Gasteiger partial charge in [-0.1, -0.05) is 6.07 Å². The lowest BCUT2D eigenvalue weighted by atomic mass is 10.0. The molecule has 1 N–H and O–H groups in total. The number of carbonyl (C=O) groups excluding carboxylic acids is 1. The van der Waals surface area contributed by atoms with Gasteiger partial charge < -0.3 is 10.1 Å². The zero-order valence-electron chi connectivity index (χ0n) is 12.4. The van der Waals surface area contributed by atoms with Crippen LogP contribution in [-0.4, -0.2) is 30.6 Å². The Morgan fingerprint density at radius 1 is 1.26 bits per heavy atom. The maximum atomic E-state index is 11.8. The highest BCUT2D eigenvalue weighted by atomic mass is 32.2. The molecule has 0 unspecified atom stereocenters. The average Bonchev–Trinajstić information content (AvgIpc) is 2.36. The van der Waals surface area contributed by atoms with E-state index < -0.39 is 0 Å². The van der Waals surface area contributed by atoms with Crippen LogP contribution < -0.4 is 5.32 Å². The molecule has 1 aromatic rings. The van der Waals surface area contributed by atoms with Gasteiger partial charge in [0.05, 0.1) is 0 Å². The summed E-state index contributed by atoms with van der Waals surface area (Å²) in [6.07, 6.45) is 1.99. The van der Waals surface area contributed by atoms with Crippen LogP contribution in [0.25, 0.3) is 0 Å². The average molecular weight is 281 g/mol. The van der Waals surface area contributed by atoms with E-state index in [1.54, 1.807) is 11.8 Å². The van der Waals surface area contributed by atoms with Crippen LogP contribution in [0, 0.1) is 20.8 Å². The molecular weight excluding hydrogens is 258 g/mol. The van der Waals surface area contributed by atoms with Gasteiger partial charge >= 0.3 is 5.97 Å². The SMILES string of the molecule is CSCCOC(=O)[C@H](C)Nc1cc(C)c(C)cc1C. The molecule has 0 bridgehead atoms. The zero-order valence-corrected chi connectivity index (χ0v) is 13.2. The van der Waals surface area contributed by atoms with Crippen LogP contribution in [0.5, 0.6) is 0 Å². The molecule has 1 atom stereocenters. The molecule has 0 heterocycles. The predicted molar refractivity (Wildman–Crippen MR) is 83.1 cm³/mol. The van der Waals surface area contributed by atoms with Gasteiger partial charge in [0.25, 0.3) is 0 Å². The Hall–Kier alpha value is -1.16. The number of hydrogen-bond acceptors (Lipinski definition) is 4. The second-order valence-corrected chi connectivity index (χ2v) is 5.76. The van der Waals surface area contributed by atoms with Crippen molar-refractivity contribution in [2.45, 2.75) is 33.7 Å². The molecule has 0 spiro atoms. The van der Waals surface area contributed by atoms with Crippen LogP contribution in [-0.2, 0) is 9.53 Å². The van der Waals surface area contributed by atoms with E-state index in [2.05, 4.69) is 31.3 Å². The maximum Gasteiger partial charge on any atom is 0.328 e. The summed E-state index contributed by atoms with van der Waals surface area (Å²) in [4.78, 5) is 11.8. The zero-order chi connectivity index (χ0) is 14.4. The molecule has 4 heteroatoms. The third-order valence-electron chi connectivity index (χ3n) is 3.10. The molecule has 3 nitrogen and oxygen atoms in total. The lowest BCUT2D eigenvalue weighted by Crippen LogP contribution is -2.29. The maximum absolute atomic E-state index is 11.8. The van der Waals surface area contributed by atoms with Crippen molar-refractivity contribution in [2.24, 2.45) is 0 Å². The Morgan fingerprint density at radius 2 is 1.89 bits per heavy atom. The number of benzene rings is 1. The van der Waals surface area contributed by atoms with Crippen LogP contribution in [0.15, 0.2) is 12.1 Å². The second kappa shape index (κ2) is 7.43. The van der Waals surface area contributed by atoms with Crippen molar-refractivity contribution in [1.29, 1.82) is 0 Å². The number of thioether (sulfide) groups is 1. The molecular formula is C15H23NO2S. The van der Waals surface area contributed by atoms with E-state index in [0.717, 1.165) is 17.0 Å². The highest BCUT2D eigenvalue weighted by Gasteiger charge is 2.15. The lowest BCUT2D eigenvalue weighted by Gasteiger charge is -2.17. The van der Waals surface area contributed by atoms with Gasteiger partial charge in [0, 0.05) is 11.4 Å². The van der Waals surface area contributed by atoms with Crippen molar-refractivity contribution in [1.82, 2.24) is 0 Å². The van der Waals surface area contributed by atoms with Crippen LogP contribution in [0.2, 0.25) is 0 Å². The molecule has 0 aliphatic carbocycles. The van der Waals surface area contributed by atoms with E-state index in [9.17, 15) is 4.79 Å². The molecule has 19 heavy (non-hydrogen) atoms. The summed E-state index contributed by atoms with van der Waals surface area (Å²) in [5.74, 6) is 0.632. The Balaban J connectivity index is 2.63. The molecule has 106 valence electrons. The van der Waals surface area contributed by atoms with E-state index >= 15 is 0 Å². The monoisotopic (exact) mass is 281 g/mol. The molecule has 0 amide bonds. The van der Waals surface area contributed by atoms with Gasteiger partial charge in [0.15, 0.2) is 0 Å². The summed E-state index contributed by atoms with van der Waals surface area (Å²) in [6.45, 7) is 8.50. The van der Waals surface area contributed by atoms with E-state index in [0.29, 0.717) is 6.61 Å². The number of anilines is 1. The van der Waals surface area contributed by atoms with E-state index in [1.165, 1.54) is 11.1 Å². The largest absolute Gasteiger partial charge is 0.463 e. The summed E-state index contributed by atoms with van der Waals surface area (Å²) in [5.41, 5.74) is 4.62. The van der Waals surface area contributed by atoms with Gasteiger partial charge in [-0.15, -0.1) is 0 Å². The van der Waals surface area contributed by atoms with Gasteiger partial charge in [-0.2, -0.15) is 11.8 Å². The summed E-state index contributed by atoms with van der Waals surface area (Å²) in [5, 5.41) is 3.22. The molecule has 0 saturated carbocycles. The minimum Gasteiger partial charge on any atom is -0.463 e. The smallest absolute Gasteiger partial charge is 0.328 e. The topological polar surface area (TPSA) is 38.3 Å². The fraction of sp³-hybridized carbons (Fsp3) is 0.533. The molecule has 0 aromatic heterocycles. The fourth-order valence-corrected chi connectivity index (χ4v) is 2.01. The number of esters is 1. The summed E-state index contributed by atoms with van der Waals surface area (Å²) >= 11 is 1.67. The number of nitrogens with one attached hydrogen (secondary N) is 1. The normalized spacial score (nSPS) is 12.1. The predicted octanol–water partition coefficient (Wildman–Crippen LogP) is 3.32. The molecule has 0 aliphatic heterocycles. The number of ether oxygens (including phenoxy) is 1. The minimum absolute atomic E-state index is 0.202. The highest BCUT2D eigenvalue weighted by molar-refractivity contribution is 7.98. The van der Waals surface area contributed by atoms with E-state index in [4.69, 9.17) is 4.74 Å². The molecule has 0 saturated heterocycles. The Morgan fingerprint density at radius 3 is 2.53 bits per heavy atom. The fourth-order valence-electron chi connectivity index (χ4n) is 1.76. The summed E-state index contributed by atoms with van der Waals surface area (Å²) in [7, 11) is 0. The van der Waals surface area contributed by atoms with Crippen LogP contribution in [0.1, 0.15) is 23.6 Å². The van der Waals surface area contributed by atoms with Crippen molar-refractivity contribution in [2.75, 3.05) is 23.9 Å². The number of hydrogen-bond donors (Lipinski definition) is 1. The van der Waals surface area contributed by atoms with E-state index in [1.807, 2.05) is 20.1 Å². The number of rotatable bonds is 6. The Labute approximate surface area is 120 Å². The first-order chi connectivity index (χ1) is 8.95. The second-order valence-electron chi connectivity index (χ2n) is 4.78. The first-order valence-corrected chi connectivity index (χ1v) is 7.85. The molecule has 0 radical (unpaired) electrons. The first kappa shape index (κ1) is 15.9. The van der Waals surface area contributed by atoms with Gasteiger partial charge in [0.1, 0.15) is 12.6 Å². The molecule has 0 aliphatic rings. The Kier molecular flexibility index (Phi) is 6.22. The van der Waals surface area contributed by atoms with Crippen LogP contribution in [0.4, 0.5) is 5.69 Å². The molecule has 1 rings (SSSR count). The minimum atomic E-state index is -0.331. The van der Waals surface area contributed by atoms with Gasteiger partial charge in [-0.3, -0.25) is 0 Å². The molecule has 0 fully saturated rings. The summed E-state index contributed by atoms with van der Waals surface area (Å²) < 4.78 is 5.19. The first-order valence-electron chi connectivity index (χ1n) is 6.45.